The molecule has 0 heterocycles. The van der Waals surface area contributed by atoms with Crippen LogP contribution in [-0.2, 0) is 4.57 Å². The summed E-state index contributed by atoms with van der Waals surface area (Å²) in [4.78, 5) is 0. The molecule has 0 aliphatic rings. The van der Waals surface area contributed by atoms with Gasteiger partial charge in [-0.3, -0.25) is 0 Å². The maximum atomic E-state index is 14.0. The van der Waals surface area contributed by atoms with Crippen LogP contribution < -0.4 is 0 Å². The van der Waals surface area contributed by atoms with Gasteiger partial charge in [-0.15, -0.1) is 0 Å². The molecule has 0 aromatic heterocycles. The van der Waals surface area contributed by atoms with Gasteiger partial charge in [0.05, 0.1) is 7.14 Å². The fourth-order valence-electron chi connectivity index (χ4n) is 5.15. The van der Waals surface area contributed by atoms with Crippen molar-refractivity contribution < 1.29 is 4.57 Å². The molecule has 2 atom stereocenters. The van der Waals surface area contributed by atoms with E-state index in [1.807, 2.05) is 0 Å². The summed E-state index contributed by atoms with van der Waals surface area (Å²) in [6.07, 6.45) is 15.9. The molecule has 0 aromatic carbocycles. The van der Waals surface area contributed by atoms with Crippen molar-refractivity contribution in [2.75, 3.05) is 18.5 Å². The van der Waals surface area contributed by atoms with E-state index in [1.54, 1.807) is 0 Å². The predicted octanol–water partition coefficient (Wildman–Crippen LogP) is 9.63. The number of unbranched alkanes of at least 4 members (excludes halogenated alkanes) is 7. The van der Waals surface area contributed by atoms with Crippen LogP contribution >= 0.6 is 7.14 Å². The van der Waals surface area contributed by atoms with Crippen molar-refractivity contribution in [1.82, 2.24) is 0 Å². The monoisotopic (exact) mass is 414 g/mol. The van der Waals surface area contributed by atoms with Gasteiger partial charge in [-0.1, -0.05) is 107 Å². The average molecular weight is 415 g/mol. The van der Waals surface area contributed by atoms with Crippen LogP contribution in [0.2, 0.25) is 0 Å². The van der Waals surface area contributed by atoms with Gasteiger partial charge in [-0.2, -0.15) is 0 Å². The highest BCUT2D eigenvalue weighted by Crippen LogP contribution is 2.52. The first-order valence-corrected chi connectivity index (χ1v) is 14.6. The molecule has 28 heavy (non-hydrogen) atoms. The molecular formula is C26H55OP. The third kappa shape index (κ3) is 17.1. The van der Waals surface area contributed by atoms with Gasteiger partial charge in [-0.05, 0) is 41.9 Å². The van der Waals surface area contributed by atoms with Gasteiger partial charge in [0.2, 0.25) is 0 Å². The SMILES string of the molecule is CCCCCCCCCCP(=O)(CC(C)CC(C)(C)C)CC(C)CC(C)(C)C. The Balaban J connectivity index is 4.64. The zero-order valence-electron chi connectivity index (χ0n) is 21.2. The van der Waals surface area contributed by atoms with E-state index < -0.39 is 7.14 Å². The molecule has 0 aromatic rings. The van der Waals surface area contributed by atoms with Crippen LogP contribution in [0.25, 0.3) is 0 Å². The maximum Gasteiger partial charge on any atom is 0.0882 e. The van der Waals surface area contributed by atoms with Crippen LogP contribution in [0.15, 0.2) is 0 Å². The van der Waals surface area contributed by atoms with Gasteiger partial charge in [-0.25, -0.2) is 0 Å². The fraction of sp³-hybridized carbons (Fsp3) is 1.00. The minimum absolute atomic E-state index is 0.333. The molecule has 1 nitrogen and oxygen atoms in total. The van der Waals surface area contributed by atoms with Gasteiger partial charge in [0.1, 0.15) is 0 Å². The summed E-state index contributed by atoms with van der Waals surface area (Å²) in [6.45, 7) is 20.8. The fourth-order valence-corrected chi connectivity index (χ4v) is 8.99. The Morgan fingerprint density at radius 3 is 1.36 bits per heavy atom. The smallest absolute Gasteiger partial charge is 0.0882 e. The molecule has 0 aliphatic heterocycles. The van der Waals surface area contributed by atoms with E-state index in [9.17, 15) is 4.57 Å². The molecule has 170 valence electrons. The first-order chi connectivity index (χ1) is 12.8. The van der Waals surface area contributed by atoms with Crippen molar-refractivity contribution in [2.24, 2.45) is 22.7 Å². The van der Waals surface area contributed by atoms with Crippen LogP contribution in [0, 0.1) is 22.7 Å². The molecular weight excluding hydrogens is 359 g/mol. The van der Waals surface area contributed by atoms with Crippen molar-refractivity contribution in [2.45, 2.75) is 127 Å². The summed E-state index contributed by atoms with van der Waals surface area (Å²) >= 11 is 0. The van der Waals surface area contributed by atoms with Crippen molar-refractivity contribution in [3.05, 3.63) is 0 Å². The van der Waals surface area contributed by atoms with E-state index in [0.717, 1.165) is 18.5 Å². The summed E-state index contributed by atoms with van der Waals surface area (Å²) in [7, 11) is -2.07. The Bertz CT molecular complexity index is 399. The Labute approximate surface area is 179 Å². The van der Waals surface area contributed by atoms with E-state index in [2.05, 4.69) is 62.3 Å². The molecule has 2 unspecified atom stereocenters. The van der Waals surface area contributed by atoms with Crippen LogP contribution in [0.3, 0.4) is 0 Å². The van der Waals surface area contributed by atoms with E-state index >= 15 is 0 Å². The molecule has 0 radical (unpaired) electrons. The van der Waals surface area contributed by atoms with Crippen molar-refractivity contribution >= 4 is 7.14 Å². The lowest BCUT2D eigenvalue weighted by atomic mass is 9.86. The van der Waals surface area contributed by atoms with Crippen molar-refractivity contribution in [1.29, 1.82) is 0 Å². The summed E-state index contributed by atoms with van der Waals surface area (Å²) in [5.74, 6) is 1.14. The summed E-state index contributed by atoms with van der Waals surface area (Å²) in [5, 5.41) is 0. The first-order valence-electron chi connectivity index (χ1n) is 12.3. The van der Waals surface area contributed by atoms with Crippen LogP contribution in [0.4, 0.5) is 0 Å². The molecule has 0 saturated heterocycles. The second kappa shape index (κ2) is 13.5. The zero-order chi connectivity index (χ0) is 21.8. The minimum Gasteiger partial charge on any atom is -0.324 e. The van der Waals surface area contributed by atoms with Gasteiger partial charge in [0.25, 0.3) is 0 Å². The minimum atomic E-state index is -2.07. The van der Waals surface area contributed by atoms with Gasteiger partial charge >= 0.3 is 0 Å². The van der Waals surface area contributed by atoms with Crippen LogP contribution in [-0.4, -0.2) is 18.5 Å². The van der Waals surface area contributed by atoms with E-state index in [1.165, 1.54) is 64.2 Å². The van der Waals surface area contributed by atoms with E-state index in [-0.39, 0.29) is 0 Å². The Morgan fingerprint density at radius 1 is 0.643 bits per heavy atom. The lowest BCUT2D eigenvalue weighted by Crippen LogP contribution is -2.19. The lowest BCUT2D eigenvalue weighted by Gasteiger charge is -2.30. The normalized spacial score (nSPS) is 17.3. The molecule has 0 amide bonds. The first kappa shape index (κ1) is 28.2. The second-order valence-corrected chi connectivity index (χ2v) is 15.7. The molecule has 0 N–H and O–H groups in total. The largest absolute Gasteiger partial charge is 0.324 e. The second-order valence-electron chi connectivity index (χ2n) is 12.4. The molecule has 0 saturated carbocycles. The molecule has 0 aliphatic carbocycles. The lowest BCUT2D eigenvalue weighted by molar-refractivity contribution is 0.315. The van der Waals surface area contributed by atoms with Crippen LogP contribution in [0.1, 0.15) is 127 Å². The zero-order valence-corrected chi connectivity index (χ0v) is 22.1. The van der Waals surface area contributed by atoms with Crippen molar-refractivity contribution in [3.8, 4) is 0 Å². The Kier molecular flexibility index (Phi) is 13.6. The average Bonchev–Trinajstić information content (AvgIpc) is 2.45. The standard InChI is InChI=1S/C26H55OP/c1-10-11-12-13-14-15-16-17-18-28(27,21-23(2)19-25(4,5)6)22-24(3)20-26(7,8)9/h23-24H,10-22H2,1-9H3. The number of hydrogen-bond donors (Lipinski definition) is 0. The van der Waals surface area contributed by atoms with Gasteiger partial charge in [0, 0.05) is 18.5 Å². The summed E-state index contributed by atoms with van der Waals surface area (Å²) < 4.78 is 14.0. The van der Waals surface area contributed by atoms with Gasteiger partial charge in [0.15, 0.2) is 0 Å². The van der Waals surface area contributed by atoms with E-state index in [4.69, 9.17) is 0 Å². The third-order valence-electron chi connectivity index (χ3n) is 5.63. The predicted molar refractivity (Wildman–Crippen MR) is 131 cm³/mol. The Morgan fingerprint density at radius 2 is 1.00 bits per heavy atom. The Hall–Kier alpha value is 0.230. The highest BCUT2D eigenvalue weighted by molar-refractivity contribution is 7.63. The number of hydrogen-bond acceptors (Lipinski definition) is 1. The summed E-state index contributed by atoms with van der Waals surface area (Å²) in [6, 6.07) is 0. The molecule has 0 rings (SSSR count). The third-order valence-corrected chi connectivity index (χ3v) is 9.34. The molecule has 2 heteroatoms. The van der Waals surface area contributed by atoms with E-state index in [0.29, 0.717) is 22.7 Å². The quantitative estimate of drug-likeness (QED) is 0.192. The van der Waals surface area contributed by atoms with Gasteiger partial charge < -0.3 is 4.57 Å². The molecule has 0 fully saturated rings. The summed E-state index contributed by atoms with van der Waals surface area (Å²) in [5.41, 5.74) is 0.666. The highest BCUT2D eigenvalue weighted by atomic mass is 31.2. The van der Waals surface area contributed by atoms with Crippen LogP contribution in [0.5, 0.6) is 0 Å². The number of rotatable bonds is 15. The molecule has 0 bridgehead atoms. The van der Waals surface area contributed by atoms with Crippen molar-refractivity contribution in [3.63, 3.8) is 0 Å². The molecule has 0 spiro atoms. The maximum absolute atomic E-state index is 14.0. The topological polar surface area (TPSA) is 17.1 Å². The highest BCUT2D eigenvalue weighted by Gasteiger charge is 2.29.